The highest BCUT2D eigenvalue weighted by Gasteiger charge is 2.17. The van der Waals surface area contributed by atoms with Crippen LogP contribution in [0.4, 0.5) is 10.5 Å². The van der Waals surface area contributed by atoms with E-state index in [1.165, 1.54) is 0 Å². The van der Waals surface area contributed by atoms with Crippen molar-refractivity contribution in [2.24, 2.45) is 5.73 Å². The molecule has 1 aromatic rings. The first-order chi connectivity index (χ1) is 8.19. The second-order valence-electron chi connectivity index (χ2n) is 4.69. The fourth-order valence-electron chi connectivity index (χ4n) is 1.18. The molecular formula is C12H15ClN2O2S. The van der Waals surface area contributed by atoms with E-state index in [1.807, 2.05) is 0 Å². The zero-order valence-corrected chi connectivity index (χ0v) is 12.0. The molecule has 0 radical (unpaired) electrons. The molecule has 0 aliphatic carbocycles. The van der Waals surface area contributed by atoms with Crippen molar-refractivity contribution in [1.82, 2.24) is 0 Å². The van der Waals surface area contributed by atoms with Gasteiger partial charge < -0.3 is 10.5 Å². The standard InChI is InChI=1S/C12H15ClN2O2S/c1-12(2,3)17-11(16)15-9-5-4-7(10(14)18)6-8(9)13/h4-6H,1-3H3,(H2,14,18)(H,15,16). The normalized spacial score (nSPS) is 10.9. The first-order valence-corrected chi connectivity index (χ1v) is 6.07. The van der Waals surface area contributed by atoms with Crippen LogP contribution in [0.15, 0.2) is 18.2 Å². The summed E-state index contributed by atoms with van der Waals surface area (Å²) in [5.41, 5.74) is 6.01. The van der Waals surface area contributed by atoms with Crippen LogP contribution >= 0.6 is 23.8 Å². The van der Waals surface area contributed by atoms with E-state index in [2.05, 4.69) is 5.32 Å². The maximum Gasteiger partial charge on any atom is 0.412 e. The van der Waals surface area contributed by atoms with Gasteiger partial charge in [0.05, 0.1) is 10.7 Å². The minimum absolute atomic E-state index is 0.251. The van der Waals surface area contributed by atoms with Gasteiger partial charge in [-0.1, -0.05) is 23.8 Å². The Morgan fingerprint density at radius 3 is 2.50 bits per heavy atom. The highest BCUT2D eigenvalue weighted by atomic mass is 35.5. The Kier molecular flexibility index (Phi) is 4.53. The Bertz CT molecular complexity index is 483. The number of anilines is 1. The molecule has 0 saturated carbocycles. The van der Waals surface area contributed by atoms with Crippen molar-refractivity contribution in [2.75, 3.05) is 5.32 Å². The summed E-state index contributed by atoms with van der Waals surface area (Å²) in [4.78, 5) is 11.8. The first kappa shape index (κ1) is 14.7. The zero-order chi connectivity index (χ0) is 13.9. The van der Waals surface area contributed by atoms with Crippen LogP contribution in [0.2, 0.25) is 5.02 Å². The third-order valence-electron chi connectivity index (χ3n) is 1.89. The van der Waals surface area contributed by atoms with Gasteiger partial charge in [-0.15, -0.1) is 0 Å². The zero-order valence-electron chi connectivity index (χ0n) is 10.4. The lowest BCUT2D eigenvalue weighted by atomic mass is 10.2. The average molecular weight is 287 g/mol. The van der Waals surface area contributed by atoms with E-state index < -0.39 is 11.7 Å². The Morgan fingerprint density at radius 1 is 1.44 bits per heavy atom. The lowest BCUT2D eigenvalue weighted by Crippen LogP contribution is -2.27. The summed E-state index contributed by atoms with van der Waals surface area (Å²) >= 11 is 10.8. The first-order valence-electron chi connectivity index (χ1n) is 5.28. The van der Waals surface area contributed by atoms with Crippen LogP contribution in [0.3, 0.4) is 0 Å². The van der Waals surface area contributed by atoms with Gasteiger partial charge in [0, 0.05) is 5.56 Å². The predicted molar refractivity (Wildman–Crippen MR) is 77.2 cm³/mol. The van der Waals surface area contributed by atoms with Crippen LogP contribution in [0, 0.1) is 0 Å². The number of thiocarbonyl (C=S) groups is 1. The van der Waals surface area contributed by atoms with Crippen molar-refractivity contribution in [2.45, 2.75) is 26.4 Å². The van der Waals surface area contributed by atoms with E-state index in [0.29, 0.717) is 16.3 Å². The van der Waals surface area contributed by atoms with E-state index in [9.17, 15) is 4.79 Å². The van der Waals surface area contributed by atoms with Gasteiger partial charge in [0.15, 0.2) is 0 Å². The summed E-state index contributed by atoms with van der Waals surface area (Å²) in [6.45, 7) is 5.35. The summed E-state index contributed by atoms with van der Waals surface area (Å²) in [6, 6.07) is 4.90. The van der Waals surface area contributed by atoms with E-state index >= 15 is 0 Å². The molecule has 4 nitrogen and oxygen atoms in total. The maximum absolute atomic E-state index is 11.6. The number of amides is 1. The average Bonchev–Trinajstić information content (AvgIpc) is 2.17. The largest absolute Gasteiger partial charge is 0.444 e. The van der Waals surface area contributed by atoms with Gasteiger partial charge in [0.25, 0.3) is 0 Å². The summed E-state index contributed by atoms with van der Waals surface area (Å²) < 4.78 is 5.12. The van der Waals surface area contributed by atoms with Crippen LogP contribution in [0.5, 0.6) is 0 Å². The van der Waals surface area contributed by atoms with Crippen molar-refractivity contribution in [3.05, 3.63) is 28.8 Å². The topological polar surface area (TPSA) is 64.3 Å². The maximum atomic E-state index is 11.6. The molecule has 0 aromatic heterocycles. The summed E-state index contributed by atoms with van der Waals surface area (Å²) in [7, 11) is 0. The number of benzene rings is 1. The number of rotatable bonds is 2. The number of carbonyl (C=O) groups is 1. The van der Waals surface area contributed by atoms with Crippen LogP contribution < -0.4 is 11.1 Å². The van der Waals surface area contributed by atoms with Crippen molar-refractivity contribution < 1.29 is 9.53 Å². The molecule has 0 saturated heterocycles. The van der Waals surface area contributed by atoms with Crippen LogP contribution in [0.25, 0.3) is 0 Å². The van der Waals surface area contributed by atoms with Crippen LogP contribution in [-0.4, -0.2) is 16.7 Å². The molecule has 0 fully saturated rings. The van der Waals surface area contributed by atoms with Gasteiger partial charge in [0.2, 0.25) is 0 Å². The number of carbonyl (C=O) groups excluding carboxylic acids is 1. The second kappa shape index (κ2) is 5.54. The molecule has 18 heavy (non-hydrogen) atoms. The Hall–Kier alpha value is -1.33. The van der Waals surface area contributed by atoms with Gasteiger partial charge in [-0.3, -0.25) is 5.32 Å². The number of halogens is 1. The minimum Gasteiger partial charge on any atom is -0.444 e. The molecule has 6 heteroatoms. The van der Waals surface area contributed by atoms with Crippen LogP contribution in [-0.2, 0) is 4.74 Å². The molecular weight excluding hydrogens is 272 g/mol. The summed E-state index contributed by atoms with van der Waals surface area (Å²) in [5, 5.41) is 2.91. The van der Waals surface area contributed by atoms with E-state index in [1.54, 1.807) is 39.0 Å². The molecule has 3 N–H and O–H groups in total. The number of hydrogen-bond donors (Lipinski definition) is 2. The lowest BCUT2D eigenvalue weighted by Gasteiger charge is -2.20. The van der Waals surface area contributed by atoms with Gasteiger partial charge in [-0.05, 0) is 39.0 Å². The van der Waals surface area contributed by atoms with Crippen molar-refractivity contribution in [3.8, 4) is 0 Å². The predicted octanol–water partition coefficient (Wildman–Crippen LogP) is 3.32. The lowest BCUT2D eigenvalue weighted by molar-refractivity contribution is 0.0636. The van der Waals surface area contributed by atoms with E-state index in [4.69, 9.17) is 34.3 Å². The van der Waals surface area contributed by atoms with Crippen molar-refractivity contribution >= 4 is 40.6 Å². The Morgan fingerprint density at radius 2 is 2.06 bits per heavy atom. The number of nitrogens with one attached hydrogen (secondary N) is 1. The Labute approximate surface area is 116 Å². The van der Waals surface area contributed by atoms with Gasteiger partial charge >= 0.3 is 6.09 Å². The van der Waals surface area contributed by atoms with Crippen molar-refractivity contribution in [3.63, 3.8) is 0 Å². The molecule has 1 aromatic carbocycles. The quantitative estimate of drug-likeness (QED) is 0.819. The number of ether oxygens (including phenoxy) is 1. The fourth-order valence-corrected chi connectivity index (χ4v) is 1.54. The van der Waals surface area contributed by atoms with Gasteiger partial charge in [-0.25, -0.2) is 4.79 Å². The third-order valence-corrected chi connectivity index (χ3v) is 2.44. The molecule has 98 valence electrons. The Balaban J connectivity index is 2.80. The molecule has 0 aliphatic rings. The van der Waals surface area contributed by atoms with E-state index in [-0.39, 0.29) is 4.99 Å². The molecule has 0 bridgehead atoms. The fraction of sp³-hybridized carbons (Fsp3) is 0.333. The SMILES string of the molecule is CC(C)(C)OC(=O)Nc1ccc(C(N)=S)cc1Cl. The third kappa shape index (κ3) is 4.50. The monoisotopic (exact) mass is 286 g/mol. The molecule has 0 unspecified atom stereocenters. The highest BCUT2D eigenvalue weighted by Crippen LogP contribution is 2.23. The highest BCUT2D eigenvalue weighted by molar-refractivity contribution is 7.80. The molecule has 1 amide bonds. The molecule has 0 heterocycles. The molecule has 0 spiro atoms. The number of nitrogens with two attached hydrogens (primary N) is 1. The summed E-state index contributed by atoms with van der Waals surface area (Å²) in [6.07, 6.45) is -0.563. The number of hydrogen-bond acceptors (Lipinski definition) is 3. The van der Waals surface area contributed by atoms with E-state index in [0.717, 1.165) is 0 Å². The van der Waals surface area contributed by atoms with Crippen LogP contribution in [0.1, 0.15) is 26.3 Å². The molecule has 1 rings (SSSR count). The second-order valence-corrected chi connectivity index (χ2v) is 5.53. The summed E-state index contributed by atoms with van der Waals surface area (Å²) in [5.74, 6) is 0. The van der Waals surface area contributed by atoms with Gasteiger partial charge in [-0.2, -0.15) is 0 Å². The minimum atomic E-state index is -0.563. The van der Waals surface area contributed by atoms with Crippen molar-refractivity contribution in [1.29, 1.82) is 0 Å². The smallest absolute Gasteiger partial charge is 0.412 e. The molecule has 0 atom stereocenters. The van der Waals surface area contributed by atoms with Gasteiger partial charge in [0.1, 0.15) is 10.6 Å². The molecule has 0 aliphatic heterocycles.